The molecule has 1 heterocycles. The summed E-state index contributed by atoms with van der Waals surface area (Å²) in [5.74, 6) is 0.909. The second-order valence-electron chi connectivity index (χ2n) is 5.14. The first-order valence-electron chi connectivity index (χ1n) is 7.06. The quantitative estimate of drug-likeness (QED) is 0.759. The normalized spacial score (nSPS) is 14.5. The van der Waals surface area contributed by atoms with Crippen molar-refractivity contribution in [2.24, 2.45) is 0 Å². The molecule has 1 aromatic rings. The van der Waals surface area contributed by atoms with Crippen LogP contribution in [0.2, 0.25) is 0 Å². The van der Waals surface area contributed by atoms with E-state index in [9.17, 15) is 4.39 Å². The predicted octanol–water partition coefficient (Wildman–Crippen LogP) is 2.94. The number of rotatable bonds is 9. The first kappa shape index (κ1) is 17.4. The molecule has 0 amide bonds. The number of pyridine rings is 1. The molecule has 0 saturated heterocycles. The largest absolute Gasteiger partial charge is 0.312 e. The summed E-state index contributed by atoms with van der Waals surface area (Å²) in [6.45, 7) is 3.26. The Balaban J connectivity index is 2.46. The van der Waals surface area contributed by atoms with Crippen LogP contribution in [0.15, 0.2) is 18.3 Å². The Morgan fingerprint density at radius 1 is 1.40 bits per heavy atom. The van der Waals surface area contributed by atoms with Gasteiger partial charge >= 0.3 is 0 Å². The van der Waals surface area contributed by atoms with Crippen molar-refractivity contribution in [2.75, 3.05) is 32.6 Å². The van der Waals surface area contributed by atoms with E-state index in [0.717, 1.165) is 18.7 Å². The second kappa shape index (κ2) is 9.32. The van der Waals surface area contributed by atoms with Crippen molar-refractivity contribution in [1.29, 1.82) is 0 Å². The average Bonchev–Trinajstić information content (AvgIpc) is 2.46. The maximum Gasteiger partial charge on any atom is 0.141 e. The fraction of sp³-hybridized carbons (Fsp3) is 0.667. The summed E-state index contributed by atoms with van der Waals surface area (Å²) in [6, 6.07) is 3.98. The fourth-order valence-electron chi connectivity index (χ4n) is 2.10. The van der Waals surface area contributed by atoms with E-state index in [1.807, 2.05) is 18.8 Å². The maximum atomic E-state index is 12.9. The molecule has 0 radical (unpaired) electrons. The van der Waals surface area contributed by atoms with Crippen molar-refractivity contribution in [1.82, 2.24) is 15.2 Å². The summed E-state index contributed by atoms with van der Waals surface area (Å²) in [7, 11) is 4.09. The Kier molecular flexibility index (Phi) is 8.11. The first-order valence-corrected chi connectivity index (χ1v) is 8.45. The number of halogens is 1. The van der Waals surface area contributed by atoms with Crippen molar-refractivity contribution in [3.63, 3.8) is 0 Å². The highest BCUT2D eigenvalue weighted by molar-refractivity contribution is 7.98. The van der Waals surface area contributed by atoms with E-state index in [0.29, 0.717) is 6.04 Å². The zero-order valence-corrected chi connectivity index (χ0v) is 13.7. The number of nitrogens with zero attached hydrogens (tertiary/aromatic N) is 2. The minimum Gasteiger partial charge on any atom is -0.312 e. The lowest BCUT2D eigenvalue weighted by Crippen LogP contribution is -2.32. The van der Waals surface area contributed by atoms with E-state index in [1.165, 1.54) is 24.4 Å². The van der Waals surface area contributed by atoms with Crippen LogP contribution in [0.1, 0.15) is 31.5 Å². The second-order valence-corrected chi connectivity index (χ2v) is 6.13. The minimum absolute atomic E-state index is 0.172. The van der Waals surface area contributed by atoms with E-state index in [-0.39, 0.29) is 11.9 Å². The van der Waals surface area contributed by atoms with Crippen molar-refractivity contribution in [3.05, 3.63) is 29.8 Å². The Labute approximate surface area is 126 Å². The van der Waals surface area contributed by atoms with Gasteiger partial charge in [0.2, 0.25) is 0 Å². The zero-order chi connectivity index (χ0) is 15.0. The lowest BCUT2D eigenvalue weighted by molar-refractivity contribution is 0.239. The maximum absolute atomic E-state index is 12.9. The summed E-state index contributed by atoms with van der Waals surface area (Å²) >= 11 is 1.89. The molecule has 1 aromatic heterocycles. The van der Waals surface area contributed by atoms with Crippen LogP contribution in [0.5, 0.6) is 0 Å². The van der Waals surface area contributed by atoms with Gasteiger partial charge < -0.3 is 10.2 Å². The molecule has 0 bridgehead atoms. The molecule has 0 fully saturated rings. The summed E-state index contributed by atoms with van der Waals surface area (Å²) in [6.07, 6.45) is 5.60. The highest BCUT2D eigenvalue weighted by Gasteiger charge is 2.14. The fourth-order valence-corrected chi connectivity index (χ4v) is 2.67. The topological polar surface area (TPSA) is 28.2 Å². The van der Waals surface area contributed by atoms with E-state index < -0.39 is 0 Å². The molecule has 0 saturated carbocycles. The van der Waals surface area contributed by atoms with E-state index in [4.69, 9.17) is 0 Å². The van der Waals surface area contributed by atoms with Gasteiger partial charge in [0, 0.05) is 6.04 Å². The number of nitrogens with one attached hydrogen (secondary N) is 1. The van der Waals surface area contributed by atoms with Crippen LogP contribution in [-0.2, 0) is 0 Å². The lowest BCUT2D eigenvalue weighted by Gasteiger charge is -2.26. The Bertz CT molecular complexity index is 372. The molecule has 0 spiro atoms. The molecule has 0 aliphatic carbocycles. The van der Waals surface area contributed by atoms with E-state index in [2.05, 4.69) is 35.4 Å². The number of hydrogen-bond acceptors (Lipinski definition) is 4. The molecule has 2 unspecified atom stereocenters. The molecule has 114 valence electrons. The standard InChI is InChI=1S/C15H26FN3S/c1-12(8-10-20-4)19(3)9-7-14(17-2)15-6-5-13(16)11-18-15/h5-6,11-12,14,17H,7-10H2,1-4H3. The summed E-state index contributed by atoms with van der Waals surface area (Å²) < 4.78 is 12.9. The van der Waals surface area contributed by atoms with Crippen LogP contribution in [0, 0.1) is 5.82 Å². The zero-order valence-electron chi connectivity index (χ0n) is 12.9. The smallest absolute Gasteiger partial charge is 0.141 e. The highest BCUT2D eigenvalue weighted by atomic mass is 32.2. The van der Waals surface area contributed by atoms with Gasteiger partial charge in [-0.3, -0.25) is 4.98 Å². The SMILES string of the molecule is CNC(CCN(C)C(C)CCSC)c1ccc(F)cn1. The molecular formula is C15H26FN3S. The van der Waals surface area contributed by atoms with Crippen LogP contribution in [0.25, 0.3) is 0 Å². The molecule has 3 nitrogen and oxygen atoms in total. The van der Waals surface area contributed by atoms with Crippen LogP contribution in [0.4, 0.5) is 4.39 Å². The van der Waals surface area contributed by atoms with Crippen molar-refractivity contribution >= 4 is 11.8 Å². The molecular weight excluding hydrogens is 273 g/mol. The van der Waals surface area contributed by atoms with Crippen molar-refractivity contribution in [3.8, 4) is 0 Å². The average molecular weight is 299 g/mol. The Morgan fingerprint density at radius 3 is 2.70 bits per heavy atom. The number of hydrogen-bond donors (Lipinski definition) is 1. The van der Waals surface area contributed by atoms with Crippen molar-refractivity contribution in [2.45, 2.75) is 31.8 Å². The van der Waals surface area contributed by atoms with Gasteiger partial charge in [-0.25, -0.2) is 4.39 Å². The molecule has 20 heavy (non-hydrogen) atoms. The van der Waals surface area contributed by atoms with Gasteiger partial charge in [0.25, 0.3) is 0 Å². The van der Waals surface area contributed by atoms with Gasteiger partial charge in [0.05, 0.1) is 17.9 Å². The Morgan fingerprint density at radius 2 is 2.15 bits per heavy atom. The van der Waals surface area contributed by atoms with Gasteiger partial charge in [-0.1, -0.05) is 0 Å². The highest BCUT2D eigenvalue weighted by Crippen LogP contribution is 2.16. The van der Waals surface area contributed by atoms with Gasteiger partial charge in [-0.05, 0) is 64.5 Å². The molecule has 1 N–H and O–H groups in total. The predicted molar refractivity (Wildman–Crippen MR) is 85.7 cm³/mol. The van der Waals surface area contributed by atoms with Crippen LogP contribution in [-0.4, -0.2) is 48.6 Å². The monoisotopic (exact) mass is 299 g/mol. The van der Waals surface area contributed by atoms with E-state index in [1.54, 1.807) is 6.07 Å². The minimum atomic E-state index is -0.286. The third-order valence-electron chi connectivity index (χ3n) is 3.72. The first-order chi connectivity index (χ1) is 9.58. The summed E-state index contributed by atoms with van der Waals surface area (Å²) in [5.41, 5.74) is 0.902. The Hall–Kier alpha value is -0.650. The molecule has 0 aromatic carbocycles. The van der Waals surface area contributed by atoms with Crippen LogP contribution in [0.3, 0.4) is 0 Å². The van der Waals surface area contributed by atoms with Gasteiger partial charge in [0.15, 0.2) is 0 Å². The molecule has 2 atom stereocenters. The van der Waals surface area contributed by atoms with Gasteiger partial charge in [0.1, 0.15) is 5.82 Å². The summed E-state index contributed by atoms with van der Waals surface area (Å²) in [5, 5.41) is 3.26. The van der Waals surface area contributed by atoms with Crippen molar-refractivity contribution < 1.29 is 4.39 Å². The number of aromatic nitrogens is 1. The van der Waals surface area contributed by atoms with Gasteiger partial charge in [-0.15, -0.1) is 0 Å². The molecule has 1 rings (SSSR count). The summed E-state index contributed by atoms with van der Waals surface area (Å²) in [4.78, 5) is 6.54. The van der Waals surface area contributed by atoms with Gasteiger partial charge in [-0.2, -0.15) is 11.8 Å². The number of thioether (sulfide) groups is 1. The lowest BCUT2D eigenvalue weighted by atomic mass is 10.1. The molecule has 0 aliphatic heterocycles. The van der Waals surface area contributed by atoms with Crippen LogP contribution < -0.4 is 5.32 Å². The third-order valence-corrected chi connectivity index (χ3v) is 4.36. The third kappa shape index (κ3) is 5.77. The molecule has 0 aliphatic rings. The molecule has 5 heteroatoms. The van der Waals surface area contributed by atoms with Crippen LogP contribution >= 0.6 is 11.8 Å². The van der Waals surface area contributed by atoms with E-state index >= 15 is 0 Å².